The molecule has 0 aliphatic carbocycles. The lowest BCUT2D eigenvalue weighted by atomic mass is 10.2. The van der Waals surface area contributed by atoms with Gasteiger partial charge < -0.3 is 14.5 Å². The highest BCUT2D eigenvalue weighted by Crippen LogP contribution is 2.30. The van der Waals surface area contributed by atoms with Crippen molar-refractivity contribution in [2.45, 2.75) is 4.90 Å². The predicted octanol–water partition coefficient (Wildman–Crippen LogP) is 2.44. The number of hydrogen-bond acceptors (Lipinski definition) is 4. The van der Waals surface area contributed by atoms with Gasteiger partial charge in [-0.2, -0.15) is 0 Å². The fourth-order valence-corrected chi connectivity index (χ4v) is 2.37. The summed E-state index contributed by atoms with van der Waals surface area (Å²) < 4.78 is 9.79. The largest absolute Gasteiger partial charge is 0.497 e. The number of methoxy groups -OCH3 is 2. The van der Waals surface area contributed by atoms with Gasteiger partial charge in [-0.05, 0) is 18.2 Å². The molecule has 1 N–H and O–H groups in total. The summed E-state index contributed by atoms with van der Waals surface area (Å²) in [6.45, 7) is 0. The molecule has 5 heteroatoms. The van der Waals surface area contributed by atoms with Gasteiger partial charge in [0, 0.05) is 22.0 Å². The second-order valence-electron chi connectivity index (χ2n) is 3.43. The molecule has 0 fully saturated rings. The molecule has 0 radical (unpaired) electrons. The molecule has 2 rings (SSSR count). The average molecular weight is 251 g/mol. The highest BCUT2D eigenvalue weighted by atomic mass is 32.2. The van der Waals surface area contributed by atoms with E-state index in [9.17, 15) is 4.79 Å². The number of benzene rings is 1. The zero-order valence-corrected chi connectivity index (χ0v) is 10.5. The number of aromatic nitrogens is 1. The zero-order chi connectivity index (χ0) is 12.3. The van der Waals surface area contributed by atoms with Gasteiger partial charge in [0.2, 0.25) is 0 Å². The molecular formula is C12H13NO3S. The molecule has 0 amide bonds. The number of carbonyl (C=O) groups excluding carboxylic acids is 1. The summed E-state index contributed by atoms with van der Waals surface area (Å²) >= 11 is 1.45. The summed E-state index contributed by atoms with van der Waals surface area (Å²) in [7, 11) is 3.02. The number of ether oxygens (including phenoxy) is 2. The Morgan fingerprint density at radius 1 is 1.41 bits per heavy atom. The highest BCUT2D eigenvalue weighted by Gasteiger charge is 2.08. The van der Waals surface area contributed by atoms with Crippen molar-refractivity contribution in [2.75, 3.05) is 20.0 Å². The van der Waals surface area contributed by atoms with E-state index in [4.69, 9.17) is 4.74 Å². The fraction of sp³-hybridized carbons (Fsp3) is 0.250. The van der Waals surface area contributed by atoms with Crippen LogP contribution in [0, 0.1) is 0 Å². The van der Waals surface area contributed by atoms with Gasteiger partial charge in [0.1, 0.15) is 5.75 Å². The Balaban J connectivity index is 2.25. The third-order valence-electron chi connectivity index (χ3n) is 2.42. The van der Waals surface area contributed by atoms with E-state index >= 15 is 0 Å². The summed E-state index contributed by atoms with van der Waals surface area (Å²) in [5.74, 6) is 0.880. The smallest absolute Gasteiger partial charge is 0.315 e. The standard InChI is InChI=1S/C12H13NO3S/c1-15-8-3-4-10-9(5-8)11(6-13-10)17-7-12(14)16-2/h3-6,13H,7H2,1-2H3. The average Bonchev–Trinajstić information content (AvgIpc) is 2.78. The molecule has 0 atom stereocenters. The van der Waals surface area contributed by atoms with Gasteiger partial charge in [0.25, 0.3) is 0 Å². The lowest BCUT2D eigenvalue weighted by Crippen LogP contribution is -2.02. The minimum Gasteiger partial charge on any atom is -0.497 e. The maximum Gasteiger partial charge on any atom is 0.315 e. The van der Waals surface area contributed by atoms with E-state index in [1.165, 1.54) is 18.9 Å². The first kappa shape index (κ1) is 11.9. The van der Waals surface area contributed by atoms with Crippen LogP contribution >= 0.6 is 11.8 Å². The van der Waals surface area contributed by atoms with Crippen LogP contribution in [0.4, 0.5) is 0 Å². The Labute approximate surface area is 103 Å². The van der Waals surface area contributed by atoms with Crippen LogP contribution in [0.2, 0.25) is 0 Å². The monoisotopic (exact) mass is 251 g/mol. The molecule has 90 valence electrons. The Hall–Kier alpha value is -1.62. The molecular weight excluding hydrogens is 238 g/mol. The Morgan fingerprint density at radius 3 is 2.94 bits per heavy atom. The van der Waals surface area contributed by atoms with E-state index < -0.39 is 0 Å². The SMILES string of the molecule is COC(=O)CSc1c[nH]c2ccc(OC)cc12. The van der Waals surface area contributed by atoms with Gasteiger partial charge in [-0.3, -0.25) is 4.79 Å². The van der Waals surface area contributed by atoms with Crippen molar-refractivity contribution in [1.29, 1.82) is 0 Å². The molecule has 0 spiro atoms. The first-order valence-corrected chi connectivity index (χ1v) is 6.08. The van der Waals surface area contributed by atoms with Gasteiger partial charge in [-0.25, -0.2) is 0 Å². The second-order valence-corrected chi connectivity index (χ2v) is 4.45. The molecule has 1 heterocycles. The van der Waals surface area contributed by atoms with E-state index in [1.54, 1.807) is 7.11 Å². The molecule has 0 aliphatic rings. The number of rotatable bonds is 4. The van der Waals surface area contributed by atoms with Gasteiger partial charge in [0.05, 0.1) is 20.0 Å². The normalized spacial score (nSPS) is 10.5. The number of H-pyrrole nitrogens is 1. The fourth-order valence-electron chi connectivity index (χ4n) is 1.52. The summed E-state index contributed by atoms with van der Waals surface area (Å²) in [5.41, 5.74) is 1.03. The van der Waals surface area contributed by atoms with Gasteiger partial charge in [-0.1, -0.05) is 0 Å². The van der Waals surface area contributed by atoms with E-state index in [0.717, 1.165) is 21.5 Å². The topological polar surface area (TPSA) is 51.3 Å². The van der Waals surface area contributed by atoms with Crippen molar-refractivity contribution in [3.8, 4) is 5.75 Å². The van der Waals surface area contributed by atoms with Gasteiger partial charge >= 0.3 is 5.97 Å². The van der Waals surface area contributed by atoms with Crippen molar-refractivity contribution in [2.24, 2.45) is 0 Å². The number of fused-ring (bicyclic) bond motifs is 1. The number of thioether (sulfide) groups is 1. The van der Waals surface area contributed by atoms with Crippen LogP contribution in [0.3, 0.4) is 0 Å². The van der Waals surface area contributed by atoms with Crippen LogP contribution in [0.25, 0.3) is 10.9 Å². The molecule has 4 nitrogen and oxygen atoms in total. The van der Waals surface area contributed by atoms with Crippen LogP contribution in [-0.2, 0) is 9.53 Å². The summed E-state index contributed by atoms with van der Waals surface area (Å²) in [5, 5.41) is 1.05. The first-order chi connectivity index (χ1) is 8.24. The van der Waals surface area contributed by atoms with Crippen molar-refractivity contribution in [1.82, 2.24) is 4.98 Å². The summed E-state index contributed by atoms with van der Waals surface area (Å²) in [6.07, 6.45) is 1.89. The van der Waals surface area contributed by atoms with E-state index in [0.29, 0.717) is 5.75 Å². The summed E-state index contributed by atoms with van der Waals surface area (Å²) in [6, 6.07) is 5.80. The molecule has 1 aromatic heterocycles. The van der Waals surface area contributed by atoms with Crippen LogP contribution in [-0.4, -0.2) is 30.9 Å². The Morgan fingerprint density at radius 2 is 2.24 bits per heavy atom. The maximum atomic E-state index is 11.1. The quantitative estimate of drug-likeness (QED) is 0.670. The number of nitrogens with one attached hydrogen (secondary N) is 1. The number of hydrogen-bond donors (Lipinski definition) is 1. The molecule has 0 saturated carbocycles. The lowest BCUT2D eigenvalue weighted by Gasteiger charge is -2.01. The Bertz CT molecular complexity index is 536. The maximum absolute atomic E-state index is 11.1. The van der Waals surface area contributed by atoms with E-state index in [2.05, 4.69) is 9.72 Å². The van der Waals surface area contributed by atoms with Gasteiger partial charge in [-0.15, -0.1) is 11.8 Å². The molecule has 2 aromatic rings. The van der Waals surface area contributed by atoms with Crippen LogP contribution in [0.1, 0.15) is 0 Å². The zero-order valence-electron chi connectivity index (χ0n) is 9.65. The van der Waals surface area contributed by atoms with Crippen molar-refractivity contribution >= 4 is 28.6 Å². The second kappa shape index (κ2) is 5.14. The third-order valence-corrected chi connectivity index (χ3v) is 3.45. The van der Waals surface area contributed by atoms with Crippen molar-refractivity contribution in [3.63, 3.8) is 0 Å². The van der Waals surface area contributed by atoms with E-state index in [-0.39, 0.29) is 5.97 Å². The first-order valence-electron chi connectivity index (χ1n) is 5.09. The number of esters is 1. The highest BCUT2D eigenvalue weighted by molar-refractivity contribution is 8.00. The third kappa shape index (κ3) is 2.55. The molecule has 1 aromatic carbocycles. The molecule has 0 bridgehead atoms. The van der Waals surface area contributed by atoms with Gasteiger partial charge in [0.15, 0.2) is 0 Å². The van der Waals surface area contributed by atoms with Crippen LogP contribution in [0.5, 0.6) is 5.75 Å². The predicted molar refractivity (Wildman–Crippen MR) is 67.6 cm³/mol. The van der Waals surface area contributed by atoms with Crippen molar-refractivity contribution in [3.05, 3.63) is 24.4 Å². The number of carbonyl (C=O) groups is 1. The molecule has 0 unspecified atom stereocenters. The molecule has 0 saturated heterocycles. The lowest BCUT2D eigenvalue weighted by molar-refractivity contribution is -0.137. The van der Waals surface area contributed by atoms with E-state index in [1.807, 2.05) is 24.4 Å². The van der Waals surface area contributed by atoms with Crippen LogP contribution in [0.15, 0.2) is 29.3 Å². The molecule has 0 aliphatic heterocycles. The van der Waals surface area contributed by atoms with Crippen molar-refractivity contribution < 1.29 is 14.3 Å². The Kier molecular flexibility index (Phi) is 3.58. The minimum absolute atomic E-state index is 0.229. The molecule has 17 heavy (non-hydrogen) atoms. The minimum atomic E-state index is -0.229. The number of aromatic amines is 1. The van der Waals surface area contributed by atoms with Crippen LogP contribution < -0.4 is 4.74 Å². The summed E-state index contributed by atoms with van der Waals surface area (Å²) in [4.78, 5) is 15.3.